The molecule has 1 atom stereocenters. The molecule has 1 amide bonds. The number of allylic oxidation sites excluding steroid dienone is 2. The van der Waals surface area contributed by atoms with E-state index in [2.05, 4.69) is 38.7 Å². The molecule has 0 radical (unpaired) electrons. The summed E-state index contributed by atoms with van der Waals surface area (Å²) in [7, 11) is 0. The Kier molecular flexibility index (Phi) is 6.27. The number of amides is 1. The van der Waals surface area contributed by atoms with Crippen LogP contribution in [0.4, 0.5) is 0 Å². The van der Waals surface area contributed by atoms with Crippen LogP contribution < -0.4 is 10.6 Å². The van der Waals surface area contributed by atoms with Gasteiger partial charge in [0, 0.05) is 23.1 Å². The second-order valence-electron chi connectivity index (χ2n) is 5.12. The first-order chi connectivity index (χ1) is 9.75. The van der Waals surface area contributed by atoms with Crippen molar-refractivity contribution >= 4 is 21.8 Å². The second kappa shape index (κ2) is 8.22. The molecule has 108 valence electrons. The first-order valence-corrected chi connectivity index (χ1v) is 7.94. The van der Waals surface area contributed by atoms with Crippen molar-refractivity contribution in [3.05, 3.63) is 46.5 Å². The van der Waals surface area contributed by atoms with Gasteiger partial charge in [-0.05, 0) is 56.0 Å². The lowest BCUT2D eigenvalue weighted by atomic mass is 9.94. The summed E-state index contributed by atoms with van der Waals surface area (Å²) in [6, 6.07) is 7.40. The lowest BCUT2D eigenvalue weighted by Gasteiger charge is -2.18. The topological polar surface area (TPSA) is 41.1 Å². The molecule has 1 aromatic carbocycles. The molecule has 0 bridgehead atoms. The molecule has 2 rings (SSSR count). The van der Waals surface area contributed by atoms with Crippen molar-refractivity contribution in [1.82, 2.24) is 10.6 Å². The van der Waals surface area contributed by atoms with Gasteiger partial charge in [0.2, 0.25) is 0 Å². The molecule has 0 saturated carbocycles. The summed E-state index contributed by atoms with van der Waals surface area (Å²) in [6.07, 6.45) is 8.18. The maximum Gasteiger partial charge on any atom is 0.251 e. The van der Waals surface area contributed by atoms with Crippen LogP contribution in [0.3, 0.4) is 0 Å². The highest BCUT2D eigenvalue weighted by atomic mass is 79.9. The van der Waals surface area contributed by atoms with Crippen molar-refractivity contribution in [2.24, 2.45) is 5.92 Å². The Hall–Kier alpha value is -1.13. The van der Waals surface area contributed by atoms with Crippen molar-refractivity contribution in [3.63, 3.8) is 0 Å². The maximum absolute atomic E-state index is 11.9. The van der Waals surface area contributed by atoms with Crippen LogP contribution in [0, 0.1) is 5.92 Å². The highest BCUT2D eigenvalue weighted by Crippen LogP contribution is 2.16. The zero-order valence-electron chi connectivity index (χ0n) is 11.6. The number of halogens is 1. The molecule has 4 heteroatoms. The first-order valence-electron chi connectivity index (χ1n) is 7.15. The number of carbonyl (C=O) groups excluding carboxylic acids is 1. The minimum Gasteiger partial charge on any atom is -0.351 e. The third-order valence-electron chi connectivity index (χ3n) is 3.50. The van der Waals surface area contributed by atoms with Crippen LogP contribution in [0.15, 0.2) is 40.9 Å². The van der Waals surface area contributed by atoms with E-state index in [4.69, 9.17) is 0 Å². The highest BCUT2D eigenvalue weighted by Gasteiger charge is 2.09. The first kappa shape index (κ1) is 15.3. The van der Waals surface area contributed by atoms with Crippen molar-refractivity contribution in [3.8, 4) is 0 Å². The molecule has 3 nitrogen and oxygen atoms in total. The third-order valence-corrected chi connectivity index (χ3v) is 4.03. The number of rotatable bonds is 6. The van der Waals surface area contributed by atoms with Gasteiger partial charge in [-0.3, -0.25) is 4.79 Å². The standard InChI is InChI=1S/C16H21BrN2O/c17-15-8-6-14(7-9-15)16(20)19-11-10-18-12-13-4-2-1-3-5-13/h1-2,6-9,13,18H,3-5,10-12H2,(H,19,20). The predicted octanol–water partition coefficient (Wildman–Crippen LogP) is 3.12. The fourth-order valence-corrected chi connectivity index (χ4v) is 2.58. The van der Waals surface area contributed by atoms with Crippen LogP contribution >= 0.6 is 15.9 Å². The van der Waals surface area contributed by atoms with Crippen LogP contribution in [0.5, 0.6) is 0 Å². The highest BCUT2D eigenvalue weighted by molar-refractivity contribution is 9.10. The average Bonchev–Trinajstić information content (AvgIpc) is 2.48. The molecule has 0 spiro atoms. The van der Waals surface area contributed by atoms with Gasteiger partial charge in [0.15, 0.2) is 0 Å². The van der Waals surface area contributed by atoms with Crippen molar-refractivity contribution in [1.29, 1.82) is 0 Å². The Morgan fingerprint density at radius 3 is 2.70 bits per heavy atom. The Labute approximate surface area is 129 Å². The molecule has 0 aliphatic heterocycles. The summed E-state index contributed by atoms with van der Waals surface area (Å²) in [5, 5.41) is 6.34. The molecule has 1 aliphatic rings. The lowest BCUT2D eigenvalue weighted by Crippen LogP contribution is -2.34. The van der Waals surface area contributed by atoms with Gasteiger partial charge in [0.05, 0.1) is 0 Å². The van der Waals surface area contributed by atoms with Gasteiger partial charge >= 0.3 is 0 Å². The van der Waals surface area contributed by atoms with Crippen molar-refractivity contribution in [2.45, 2.75) is 19.3 Å². The minimum atomic E-state index is -0.0140. The summed E-state index contributed by atoms with van der Waals surface area (Å²) in [4.78, 5) is 11.9. The molecule has 0 saturated heterocycles. The zero-order valence-corrected chi connectivity index (χ0v) is 13.2. The van der Waals surface area contributed by atoms with E-state index >= 15 is 0 Å². The Bertz CT molecular complexity index is 456. The van der Waals surface area contributed by atoms with E-state index in [1.807, 2.05) is 24.3 Å². The van der Waals surface area contributed by atoms with E-state index in [0.717, 1.165) is 23.5 Å². The molecule has 2 N–H and O–H groups in total. The van der Waals surface area contributed by atoms with E-state index in [9.17, 15) is 4.79 Å². The summed E-state index contributed by atoms with van der Waals surface area (Å²) in [5.74, 6) is 0.738. The monoisotopic (exact) mass is 336 g/mol. The van der Waals surface area contributed by atoms with Crippen LogP contribution in [-0.2, 0) is 0 Å². The van der Waals surface area contributed by atoms with Crippen LogP contribution in [0.25, 0.3) is 0 Å². The van der Waals surface area contributed by atoms with E-state index in [0.29, 0.717) is 12.1 Å². The molecule has 1 unspecified atom stereocenters. The van der Waals surface area contributed by atoms with Gasteiger partial charge in [-0.2, -0.15) is 0 Å². The molecule has 0 aromatic heterocycles. The molecule has 1 aliphatic carbocycles. The van der Waals surface area contributed by atoms with Gasteiger partial charge in [0.1, 0.15) is 0 Å². The number of hydrogen-bond acceptors (Lipinski definition) is 2. The summed E-state index contributed by atoms with van der Waals surface area (Å²) in [6.45, 7) is 2.53. The fraction of sp³-hybridized carbons (Fsp3) is 0.438. The molecule has 0 fully saturated rings. The van der Waals surface area contributed by atoms with Gasteiger partial charge in [-0.15, -0.1) is 0 Å². The SMILES string of the molecule is O=C(NCCNCC1CC=CCC1)c1ccc(Br)cc1. The Morgan fingerprint density at radius 2 is 2.00 bits per heavy atom. The summed E-state index contributed by atoms with van der Waals surface area (Å²) < 4.78 is 0.984. The lowest BCUT2D eigenvalue weighted by molar-refractivity contribution is 0.0954. The van der Waals surface area contributed by atoms with Crippen molar-refractivity contribution < 1.29 is 4.79 Å². The third kappa shape index (κ3) is 5.10. The normalized spacial score (nSPS) is 17.9. The summed E-state index contributed by atoms with van der Waals surface area (Å²) >= 11 is 3.36. The Morgan fingerprint density at radius 1 is 1.20 bits per heavy atom. The van der Waals surface area contributed by atoms with Gasteiger partial charge < -0.3 is 10.6 Å². The molecular formula is C16H21BrN2O. The number of carbonyl (C=O) groups is 1. The smallest absolute Gasteiger partial charge is 0.251 e. The maximum atomic E-state index is 11.9. The van der Waals surface area contributed by atoms with E-state index in [1.54, 1.807) is 0 Å². The Balaban J connectivity index is 1.59. The molecule has 1 aromatic rings. The van der Waals surface area contributed by atoms with E-state index in [1.165, 1.54) is 19.3 Å². The minimum absolute atomic E-state index is 0.0140. The van der Waals surface area contributed by atoms with E-state index in [-0.39, 0.29) is 5.91 Å². The fourth-order valence-electron chi connectivity index (χ4n) is 2.32. The van der Waals surface area contributed by atoms with Gasteiger partial charge in [-0.1, -0.05) is 28.1 Å². The van der Waals surface area contributed by atoms with E-state index < -0.39 is 0 Å². The second-order valence-corrected chi connectivity index (χ2v) is 6.03. The van der Waals surface area contributed by atoms with Gasteiger partial charge in [-0.25, -0.2) is 0 Å². The summed E-state index contributed by atoms with van der Waals surface area (Å²) in [5.41, 5.74) is 0.700. The number of nitrogens with one attached hydrogen (secondary N) is 2. The average molecular weight is 337 g/mol. The van der Waals surface area contributed by atoms with Gasteiger partial charge in [0.25, 0.3) is 5.91 Å². The number of benzene rings is 1. The largest absolute Gasteiger partial charge is 0.351 e. The molecule has 0 heterocycles. The quantitative estimate of drug-likeness (QED) is 0.619. The van der Waals surface area contributed by atoms with Crippen LogP contribution in [0.1, 0.15) is 29.6 Å². The predicted molar refractivity (Wildman–Crippen MR) is 85.8 cm³/mol. The molecular weight excluding hydrogens is 316 g/mol. The number of hydrogen-bond donors (Lipinski definition) is 2. The molecule has 20 heavy (non-hydrogen) atoms. The zero-order chi connectivity index (χ0) is 14.2. The van der Waals surface area contributed by atoms with Crippen LogP contribution in [-0.4, -0.2) is 25.5 Å². The van der Waals surface area contributed by atoms with Crippen LogP contribution in [0.2, 0.25) is 0 Å². The van der Waals surface area contributed by atoms with Crippen molar-refractivity contribution in [2.75, 3.05) is 19.6 Å².